The summed E-state index contributed by atoms with van der Waals surface area (Å²) in [6, 6.07) is 0. The largest absolute Gasteiger partial charge is 0.378 e. The summed E-state index contributed by atoms with van der Waals surface area (Å²) in [6.07, 6.45) is 7.98. The first kappa shape index (κ1) is 15.3. The molecule has 0 heterocycles. The molecule has 2 saturated carbocycles. The van der Waals surface area contributed by atoms with E-state index in [1.54, 1.807) is 0 Å². The van der Waals surface area contributed by atoms with Crippen LogP contribution < -0.4 is 11.1 Å². The van der Waals surface area contributed by atoms with Gasteiger partial charge >= 0.3 is 0 Å². The SMILES string of the molecule is CCOC1CC(N)(CNC2(C)CCCCC2)C1(C)C. The van der Waals surface area contributed by atoms with Gasteiger partial charge in [-0.05, 0) is 33.1 Å². The first-order valence-corrected chi connectivity index (χ1v) is 7.98. The van der Waals surface area contributed by atoms with E-state index < -0.39 is 0 Å². The Bertz CT molecular complexity index is 310. The van der Waals surface area contributed by atoms with E-state index in [0.717, 1.165) is 19.6 Å². The van der Waals surface area contributed by atoms with Crippen LogP contribution in [0.15, 0.2) is 0 Å². The minimum atomic E-state index is -0.118. The van der Waals surface area contributed by atoms with Gasteiger partial charge in [-0.1, -0.05) is 33.1 Å². The second kappa shape index (κ2) is 5.34. The standard InChI is InChI=1S/C16H32N2O/c1-5-19-13-11-16(17,14(13,2)3)12-18-15(4)9-7-6-8-10-15/h13,18H,5-12,17H2,1-4H3. The second-order valence-corrected chi connectivity index (χ2v) is 7.50. The van der Waals surface area contributed by atoms with E-state index in [2.05, 4.69) is 33.0 Å². The number of nitrogens with one attached hydrogen (secondary N) is 1. The third-order valence-corrected chi connectivity index (χ3v) is 5.79. The highest BCUT2D eigenvalue weighted by molar-refractivity contribution is 5.15. The van der Waals surface area contributed by atoms with Gasteiger partial charge in [-0.3, -0.25) is 0 Å². The molecule has 0 bridgehead atoms. The van der Waals surface area contributed by atoms with Gasteiger partial charge in [0.15, 0.2) is 0 Å². The van der Waals surface area contributed by atoms with E-state index in [-0.39, 0.29) is 11.0 Å². The molecule has 3 heteroatoms. The molecule has 2 aliphatic rings. The number of rotatable bonds is 5. The van der Waals surface area contributed by atoms with Crippen LogP contribution >= 0.6 is 0 Å². The highest BCUT2D eigenvalue weighted by atomic mass is 16.5. The quantitative estimate of drug-likeness (QED) is 0.806. The molecule has 112 valence electrons. The Hall–Kier alpha value is -0.120. The van der Waals surface area contributed by atoms with E-state index in [9.17, 15) is 0 Å². The summed E-state index contributed by atoms with van der Waals surface area (Å²) in [5, 5.41) is 3.78. The molecule has 3 nitrogen and oxygen atoms in total. The third kappa shape index (κ3) is 2.84. The highest BCUT2D eigenvalue weighted by Gasteiger charge is 2.58. The lowest BCUT2D eigenvalue weighted by Gasteiger charge is -2.60. The Kier molecular flexibility index (Phi) is 4.29. The smallest absolute Gasteiger partial charge is 0.0662 e. The zero-order chi connectivity index (χ0) is 14.1. The molecule has 0 aromatic rings. The van der Waals surface area contributed by atoms with E-state index in [1.807, 2.05) is 0 Å². The van der Waals surface area contributed by atoms with Gasteiger partial charge in [0.25, 0.3) is 0 Å². The summed E-state index contributed by atoms with van der Waals surface area (Å²) in [5.74, 6) is 0. The fourth-order valence-corrected chi connectivity index (χ4v) is 3.69. The Balaban J connectivity index is 1.89. The number of nitrogens with two attached hydrogens (primary N) is 1. The zero-order valence-corrected chi connectivity index (χ0v) is 13.2. The summed E-state index contributed by atoms with van der Waals surface area (Å²) >= 11 is 0. The van der Waals surface area contributed by atoms with Gasteiger partial charge in [0.05, 0.1) is 6.10 Å². The van der Waals surface area contributed by atoms with Crippen molar-refractivity contribution in [2.24, 2.45) is 11.1 Å². The van der Waals surface area contributed by atoms with Crippen molar-refractivity contribution in [2.45, 2.75) is 83.4 Å². The van der Waals surface area contributed by atoms with Crippen LogP contribution in [0.5, 0.6) is 0 Å². The molecule has 2 fully saturated rings. The number of hydrogen-bond donors (Lipinski definition) is 2. The van der Waals surface area contributed by atoms with Crippen LogP contribution in [0.1, 0.15) is 66.2 Å². The molecule has 0 aromatic heterocycles. The van der Waals surface area contributed by atoms with Crippen molar-refractivity contribution in [3.05, 3.63) is 0 Å². The molecule has 0 spiro atoms. The lowest BCUT2D eigenvalue weighted by molar-refractivity contribution is -0.149. The van der Waals surface area contributed by atoms with Crippen molar-refractivity contribution in [2.75, 3.05) is 13.2 Å². The molecule has 2 aliphatic carbocycles. The molecule has 0 radical (unpaired) electrons. The molecule has 0 saturated heterocycles. The molecule has 3 N–H and O–H groups in total. The van der Waals surface area contributed by atoms with Crippen molar-refractivity contribution in [1.29, 1.82) is 0 Å². The highest BCUT2D eigenvalue weighted by Crippen LogP contribution is 2.49. The number of ether oxygens (including phenoxy) is 1. The van der Waals surface area contributed by atoms with Crippen molar-refractivity contribution in [3.63, 3.8) is 0 Å². The van der Waals surface area contributed by atoms with Gasteiger partial charge < -0.3 is 15.8 Å². The van der Waals surface area contributed by atoms with Gasteiger partial charge in [0.2, 0.25) is 0 Å². The molecule has 2 atom stereocenters. The van der Waals surface area contributed by atoms with E-state index in [4.69, 9.17) is 10.5 Å². The first-order valence-electron chi connectivity index (χ1n) is 7.98. The van der Waals surface area contributed by atoms with Gasteiger partial charge in [-0.15, -0.1) is 0 Å². The van der Waals surface area contributed by atoms with Crippen LogP contribution in [-0.2, 0) is 4.74 Å². The molecule has 2 rings (SSSR count). The average molecular weight is 268 g/mol. The minimum Gasteiger partial charge on any atom is -0.378 e. The third-order valence-electron chi connectivity index (χ3n) is 5.79. The fourth-order valence-electron chi connectivity index (χ4n) is 3.69. The van der Waals surface area contributed by atoms with Crippen LogP contribution in [0.3, 0.4) is 0 Å². The van der Waals surface area contributed by atoms with Gasteiger partial charge in [0.1, 0.15) is 0 Å². The van der Waals surface area contributed by atoms with Crippen LogP contribution in [0.25, 0.3) is 0 Å². The first-order chi connectivity index (χ1) is 8.83. The van der Waals surface area contributed by atoms with Gasteiger partial charge in [0, 0.05) is 29.6 Å². The zero-order valence-electron chi connectivity index (χ0n) is 13.2. The fraction of sp³-hybridized carbons (Fsp3) is 1.00. The molecule has 19 heavy (non-hydrogen) atoms. The van der Waals surface area contributed by atoms with E-state index in [1.165, 1.54) is 32.1 Å². The van der Waals surface area contributed by atoms with Gasteiger partial charge in [-0.2, -0.15) is 0 Å². The minimum absolute atomic E-state index is 0.0705. The summed E-state index contributed by atoms with van der Waals surface area (Å²) < 4.78 is 5.80. The molecule has 2 unspecified atom stereocenters. The van der Waals surface area contributed by atoms with Gasteiger partial charge in [-0.25, -0.2) is 0 Å². The monoisotopic (exact) mass is 268 g/mol. The predicted octanol–water partition coefficient (Wildman–Crippen LogP) is 2.83. The maximum absolute atomic E-state index is 6.63. The van der Waals surface area contributed by atoms with Crippen molar-refractivity contribution in [3.8, 4) is 0 Å². The van der Waals surface area contributed by atoms with Crippen LogP contribution in [0.4, 0.5) is 0 Å². The van der Waals surface area contributed by atoms with Crippen molar-refractivity contribution in [1.82, 2.24) is 5.32 Å². The average Bonchev–Trinajstić information content (AvgIpc) is 2.37. The molecular formula is C16H32N2O. The summed E-state index contributed by atoms with van der Waals surface area (Å²) in [4.78, 5) is 0. The summed E-state index contributed by atoms with van der Waals surface area (Å²) in [7, 11) is 0. The van der Waals surface area contributed by atoms with E-state index in [0.29, 0.717) is 11.6 Å². The topological polar surface area (TPSA) is 47.3 Å². The Morgan fingerprint density at radius 1 is 1.16 bits per heavy atom. The lowest BCUT2D eigenvalue weighted by Crippen LogP contribution is -2.74. The maximum Gasteiger partial charge on any atom is 0.0662 e. The van der Waals surface area contributed by atoms with E-state index >= 15 is 0 Å². The van der Waals surface area contributed by atoms with Crippen molar-refractivity contribution < 1.29 is 4.74 Å². The summed E-state index contributed by atoms with van der Waals surface area (Å²) in [5.41, 5.74) is 6.89. The Morgan fingerprint density at radius 2 is 1.79 bits per heavy atom. The Morgan fingerprint density at radius 3 is 2.32 bits per heavy atom. The molecular weight excluding hydrogens is 236 g/mol. The molecule has 0 aliphatic heterocycles. The molecule has 0 amide bonds. The number of hydrogen-bond acceptors (Lipinski definition) is 3. The second-order valence-electron chi connectivity index (χ2n) is 7.50. The molecule has 0 aromatic carbocycles. The van der Waals surface area contributed by atoms with Crippen LogP contribution in [0, 0.1) is 5.41 Å². The summed E-state index contributed by atoms with van der Waals surface area (Å²) in [6.45, 7) is 10.6. The van der Waals surface area contributed by atoms with Crippen molar-refractivity contribution >= 4 is 0 Å². The maximum atomic E-state index is 6.63. The lowest BCUT2D eigenvalue weighted by atomic mass is 9.54. The van der Waals surface area contributed by atoms with Crippen LogP contribution in [-0.4, -0.2) is 30.3 Å². The normalized spacial score (nSPS) is 36.8. The van der Waals surface area contributed by atoms with Crippen LogP contribution in [0.2, 0.25) is 0 Å². The predicted molar refractivity (Wildman–Crippen MR) is 80.2 cm³/mol. The Labute approximate surface area is 118 Å².